The van der Waals surface area contributed by atoms with E-state index in [1.54, 1.807) is 11.1 Å². The topological polar surface area (TPSA) is 61.8 Å². The molecule has 2 saturated heterocycles. The van der Waals surface area contributed by atoms with Crippen LogP contribution in [0.4, 0.5) is 5.82 Å². The lowest BCUT2D eigenvalue weighted by Crippen LogP contribution is -2.45. The van der Waals surface area contributed by atoms with Gasteiger partial charge >= 0.3 is 0 Å². The number of hydrogen-bond acceptors (Lipinski definition) is 6. The minimum Gasteiger partial charge on any atom is -0.381 e. The fourth-order valence-electron chi connectivity index (χ4n) is 3.77. The van der Waals surface area contributed by atoms with Crippen LogP contribution in [-0.4, -0.2) is 85.2 Å². The number of nitrogens with zero attached hydrogens (tertiary/aromatic N) is 5. The van der Waals surface area contributed by atoms with E-state index in [1.165, 1.54) is 0 Å². The van der Waals surface area contributed by atoms with Crippen LogP contribution in [0.1, 0.15) is 18.7 Å². The molecule has 2 aliphatic rings. The number of ether oxygens (including phenoxy) is 1. The number of anilines is 1. The first-order valence-electron chi connectivity index (χ1n) is 9.12. The van der Waals surface area contributed by atoms with Gasteiger partial charge < -0.3 is 14.5 Å². The normalized spacial score (nSPS) is 23.3. The SMILES string of the molecule is Cc1nccc(N2CCN(C3CCOCC3)C[C@H](C(=O)N(C)C)C2)n1. The summed E-state index contributed by atoms with van der Waals surface area (Å²) in [6.07, 6.45) is 3.90. The second kappa shape index (κ2) is 8.10. The highest BCUT2D eigenvalue weighted by molar-refractivity contribution is 5.79. The molecule has 2 fully saturated rings. The maximum atomic E-state index is 12.7. The molecule has 1 aromatic heterocycles. The van der Waals surface area contributed by atoms with Gasteiger partial charge in [0.25, 0.3) is 0 Å². The highest BCUT2D eigenvalue weighted by Crippen LogP contribution is 2.22. The van der Waals surface area contributed by atoms with Gasteiger partial charge in [0.05, 0.1) is 5.92 Å². The smallest absolute Gasteiger partial charge is 0.228 e. The van der Waals surface area contributed by atoms with Crippen LogP contribution >= 0.6 is 0 Å². The van der Waals surface area contributed by atoms with Crippen molar-refractivity contribution in [3.05, 3.63) is 18.1 Å². The number of hydrogen-bond donors (Lipinski definition) is 0. The standard InChI is InChI=1S/C18H29N5O2/c1-14-19-7-4-17(20-14)23-9-8-22(16-5-10-25-11-6-16)12-15(13-23)18(24)21(2)3/h4,7,15-16H,5-6,8-13H2,1-3H3/t15-/m0/s1. The predicted molar refractivity (Wildman–Crippen MR) is 96.6 cm³/mol. The van der Waals surface area contributed by atoms with Gasteiger partial charge in [-0.25, -0.2) is 9.97 Å². The zero-order chi connectivity index (χ0) is 17.8. The molecule has 1 atom stereocenters. The van der Waals surface area contributed by atoms with Gasteiger partial charge in [0.2, 0.25) is 5.91 Å². The van der Waals surface area contributed by atoms with E-state index in [9.17, 15) is 4.79 Å². The second-order valence-corrected chi connectivity index (χ2v) is 7.18. The Morgan fingerprint density at radius 1 is 1.24 bits per heavy atom. The van der Waals surface area contributed by atoms with Gasteiger partial charge in [0.15, 0.2) is 0 Å². The average molecular weight is 347 g/mol. The number of aryl methyl sites for hydroxylation is 1. The maximum absolute atomic E-state index is 12.7. The van der Waals surface area contributed by atoms with E-state index in [0.717, 1.165) is 57.3 Å². The van der Waals surface area contributed by atoms with Crippen molar-refractivity contribution in [3.63, 3.8) is 0 Å². The third-order valence-electron chi connectivity index (χ3n) is 5.14. The first-order valence-corrected chi connectivity index (χ1v) is 9.12. The van der Waals surface area contributed by atoms with Crippen LogP contribution in [0.2, 0.25) is 0 Å². The monoisotopic (exact) mass is 347 g/mol. The maximum Gasteiger partial charge on any atom is 0.228 e. The molecule has 0 radical (unpaired) electrons. The molecular formula is C18H29N5O2. The number of amides is 1. The summed E-state index contributed by atoms with van der Waals surface area (Å²) in [5, 5.41) is 0. The van der Waals surface area contributed by atoms with Crippen molar-refractivity contribution in [1.29, 1.82) is 0 Å². The summed E-state index contributed by atoms with van der Waals surface area (Å²) >= 11 is 0. The van der Waals surface area contributed by atoms with E-state index in [0.29, 0.717) is 12.6 Å². The molecular weight excluding hydrogens is 318 g/mol. The Kier molecular flexibility index (Phi) is 5.86. The summed E-state index contributed by atoms with van der Waals surface area (Å²) in [6.45, 7) is 6.88. The number of rotatable bonds is 3. The lowest BCUT2D eigenvalue weighted by atomic mass is 10.0. The molecule has 138 valence electrons. The molecule has 1 aromatic rings. The van der Waals surface area contributed by atoms with E-state index in [-0.39, 0.29) is 11.8 Å². The zero-order valence-electron chi connectivity index (χ0n) is 15.5. The number of carbonyl (C=O) groups excluding carboxylic acids is 1. The summed E-state index contributed by atoms with van der Waals surface area (Å²) < 4.78 is 5.51. The van der Waals surface area contributed by atoms with Crippen LogP contribution in [0.15, 0.2) is 12.3 Å². The molecule has 0 bridgehead atoms. The first kappa shape index (κ1) is 18.1. The largest absolute Gasteiger partial charge is 0.381 e. The van der Waals surface area contributed by atoms with Crippen molar-refractivity contribution < 1.29 is 9.53 Å². The Morgan fingerprint density at radius 3 is 2.68 bits per heavy atom. The van der Waals surface area contributed by atoms with Crippen molar-refractivity contribution >= 4 is 11.7 Å². The third kappa shape index (κ3) is 4.46. The lowest BCUT2D eigenvalue weighted by molar-refractivity contribution is -0.133. The van der Waals surface area contributed by atoms with E-state index >= 15 is 0 Å². The molecule has 2 aliphatic heterocycles. The van der Waals surface area contributed by atoms with Gasteiger partial charge in [0, 0.05) is 65.7 Å². The Labute approximate surface area is 150 Å². The Morgan fingerprint density at radius 2 is 2.00 bits per heavy atom. The molecule has 0 N–H and O–H groups in total. The van der Waals surface area contributed by atoms with Gasteiger partial charge in [-0.2, -0.15) is 0 Å². The van der Waals surface area contributed by atoms with Crippen LogP contribution < -0.4 is 4.90 Å². The molecule has 7 nitrogen and oxygen atoms in total. The van der Waals surface area contributed by atoms with Crippen molar-refractivity contribution in [2.24, 2.45) is 5.92 Å². The van der Waals surface area contributed by atoms with Crippen LogP contribution in [0.25, 0.3) is 0 Å². The Hall–Kier alpha value is -1.73. The minimum absolute atomic E-state index is 0.0457. The van der Waals surface area contributed by atoms with Gasteiger partial charge in [-0.05, 0) is 25.8 Å². The Bertz CT molecular complexity index is 589. The fraction of sp³-hybridized carbons (Fsp3) is 0.722. The van der Waals surface area contributed by atoms with E-state index in [4.69, 9.17) is 4.74 Å². The summed E-state index contributed by atoms with van der Waals surface area (Å²) in [6, 6.07) is 2.45. The highest BCUT2D eigenvalue weighted by Gasteiger charge is 2.33. The molecule has 0 saturated carbocycles. The van der Waals surface area contributed by atoms with Crippen molar-refractivity contribution in [3.8, 4) is 0 Å². The van der Waals surface area contributed by atoms with Crippen LogP contribution in [0.3, 0.4) is 0 Å². The summed E-state index contributed by atoms with van der Waals surface area (Å²) in [4.78, 5) is 27.9. The molecule has 0 aliphatic carbocycles. The first-order chi connectivity index (χ1) is 12.0. The van der Waals surface area contributed by atoms with E-state index in [2.05, 4.69) is 19.8 Å². The number of carbonyl (C=O) groups is 1. The third-order valence-corrected chi connectivity index (χ3v) is 5.14. The molecule has 0 spiro atoms. The van der Waals surface area contributed by atoms with Crippen LogP contribution in [0.5, 0.6) is 0 Å². The molecule has 3 rings (SSSR count). The molecule has 3 heterocycles. The molecule has 0 aromatic carbocycles. The average Bonchev–Trinajstić information content (AvgIpc) is 2.85. The zero-order valence-corrected chi connectivity index (χ0v) is 15.5. The Balaban J connectivity index is 1.80. The summed E-state index contributed by atoms with van der Waals surface area (Å²) in [5.74, 6) is 1.82. The van der Waals surface area contributed by atoms with E-state index in [1.807, 2.05) is 27.1 Å². The molecule has 0 unspecified atom stereocenters. The fourth-order valence-corrected chi connectivity index (χ4v) is 3.77. The molecule has 1 amide bonds. The predicted octanol–water partition coefficient (Wildman–Crippen LogP) is 0.790. The molecule has 25 heavy (non-hydrogen) atoms. The van der Waals surface area contributed by atoms with Gasteiger partial charge in [-0.1, -0.05) is 0 Å². The van der Waals surface area contributed by atoms with Crippen molar-refractivity contribution in [1.82, 2.24) is 19.8 Å². The lowest BCUT2D eigenvalue weighted by Gasteiger charge is -2.34. The quantitative estimate of drug-likeness (QED) is 0.806. The minimum atomic E-state index is -0.0457. The van der Waals surface area contributed by atoms with Crippen LogP contribution in [0, 0.1) is 12.8 Å². The number of aromatic nitrogens is 2. The van der Waals surface area contributed by atoms with Crippen molar-refractivity contribution in [2.75, 3.05) is 58.4 Å². The molecule has 7 heteroatoms. The van der Waals surface area contributed by atoms with Gasteiger partial charge in [-0.15, -0.1) is 0 Å². The van der Waals surface area contributed by atoms with Crippen LogP contribution in [-0.2, 0) is 9.53 Å². The van der Waals surface area contributed by atoms with E-state index < -0.39 is 0 Å². The highest BCUT2D eigenvalue weighted by atomic mass is 16.5. The van der Waals surface area contributed by atoms with Gasteiger partial charge in [0.1, 0.15) is 11.6 Å². The summed E-state index contributed by atoms with van der Waals surface area (Å²) in [7, 11) is 3.68. The second-order valence-electron chi connectivity index (χ2n) is 7.18. The van der Waals surface area contributed by atoms with Crippen molar-refractivity contribution in [2.45, 2.75) is 25.8 Å². The van der Waals surface area contributed by atoms with Gasteiger partial charge in [-0.3, -0.25) is 9.69 Å². The summed E-state index contributed by atoms with van der Waals surface area (Å²) in [5.41, 5.74) is 0.